The first-order valence-corrected chi connectivity index (χ1v) is 7.60. The van der Waals surface area contributed by atoms with Crippen LogP contribution in [0.15, 0.2) is 34.8 Å². The average Bonchev–Trinajstić information content (AvgIpc) is 2.36. The minimum Gasteiger partial charge on any atom is -0.294 e. The van der Waals surface area contributed by atoms with Crippen molar-refractivity contribution in [2.24, 2.45) is 0 Å². The molecule has 0 amide bonds. The first kappa shape index (κ1) is 15.3. The molecule has 0 bridgehead atoms. The van der Waals surface area contributed by atoms with Crippen molar-refractivity contribution in [3.05, 3.63) is 67.6 Å². The summed E-state index contributed by atoms with van der Waals surface area (Å²) in [6, 6.07) is 9.53. The third-order valence-corrected chi connectivity index (χ3v) is 4.63. The molecule has 20 heavy (non-hydrogen) atoms. The van der Waals surface area contributed by atoms with Crippen molar-refractivity contribution in [2.45, 2.75) is 27.2 Å². The van der Waals surface area contributed by atoms with Gasteiger partial charge in [0.15, 0.2) is 5.78 Å². The zero-order valence-corrected chi connectivity index (χ0v) is 14.1. The van der Waals surface area contributed by atoms with E-state index >= 15 is 0 Å². The molecule has 0 aromatic heterocycles. The van der Waals surface area contributed by atoms with Crippen molar-refractivity contribution in [2.75, 3.05) is 0 Å². The summed E-state index contributed by atoms with van der Waals surface area (Å²) in [6.45, 7) is 6.18. The molecular formula is C17H16BrClO. The number of ketones is 1. The first-order valence-electron chi connectivity index (χ1n) is 6.43. The van der Waals surface area contributed by atoms with Crippen LogP contribution in [0.3, 0.4) is 0 Å². The van der Waals surface area contributed by atoms with Gasteiger partial charge in [0.1, 0.15) is 0 Å². The highest BCUT2D eigenvalue weighted by molar-refractivity contribution is 9.10. The summed E-state index contributed by atoms with van der Waals surface area (Å²) in [4.78, 5) is 12.4. The third-order valence-electron chi connectivity index (χ3n) is 3.42. The summed E-state index contributed by atoms with van der Waals surface area (Å²) in [6.07, 6.45) is 0.423. The Balaban J connectivity index is 2.30. The van der Waals surface area contributed by atoms with Gasteiger partial charge in [-0.15, -0.1) is 0 Å². The van der Waals surface area contributed by atoms with Gasteiger partial charge < -0.3 is 0 Å². The second-order valence-corrected chi connectivity index (χ2v) is 6.37. The van der Waals surface area contributed by atoms with Crippen molar-refractivity contribution in [1.82, 2.24) is 0 Å². The minimum absolute atomic E-state index is 0.109. The highest BCUT2D eigenvalue weighted by Crippen LogP contribution is 2.25. The number of benzene rings is 2. The van der Waals surface area contributed by atoms with Gasteiger partial charge in [-0.2, -0.15) is 0 Å². The molecule has 0 fully saturated rings. The Hall–Kier alpha value is -1.12. The van der Waals surface area contributed by atoms with Gasteiger partial charge in [0.25, 0.3) is 0 Å². The second-order valence-electron chi connectivity index (χ2n) is 5.11. The van der Waals surface area contributed by atoms with Gasteiger partial charge in [-0.25, -0.2) is 0 Å². The average molecular weight is 352 g/mol. The lowest BCUT2D eigenvalue weighted by atomic mass is 9.94. The number of hydrogen-bond donors (Lipinski definition) is 0. The maximum absolute atomic E-state index is 12.4. The van der Waals surface area contributed by atoms with Crippen LogP contribution in [0.5, 0.6) is 0 Å². The van der Waals surface area contributed by atoms with E-state index in [0.29, 0.717) is 17.0 Å². The smallest absolute Gasteiger partial charge is 0.167 e. The zero-order valence-electron chi connectivity index (χ0n) is 11.8. The molecule has 0 heterocycles. The molecule has 0 aliphatic carbocycles. The highest BCUT2D eigenvalue weighted by Gasteiger charge is 2.12. The summed E-state index contributed by atoms with van der Waals surface area (Å²) in [7, 11) is 0. The maximum atomic E-state index is 12.4. The highest BCUT2D eigenvalue weighted by atomic mass is 79.9. The van der Waals surface area contributed by atoms with Gasteiger partial charge in [-0.1, -0.05) is 29.3 Å². The summed E-state index contributed by atoms with van der Waals surface area (Å²) in [5.41, 5.74) is 5.37. The van der Waals surface area contributed by atoms with E-state index in [4.69, 9.17) is 11.6 Å². The molecule has 0 atom stereocenters. The molecule has 104 valence electrons. The van der Waals surface area contributed by atoms with Gasteiger partial charge >= 0.3 is 0 Å². The number of rotatable bonds is 3. The molecule has 0 radical (unpaired) electrons. The molecule has 2 aromatic carbocycles. The summed E-state index contributed by atoms with van der Waals surface area (Å²) in [5, 5.41) is 0.615. The lowest BCUT2D eigenvalue weighted by molar-refractivity contribution is 0.0992. The summed E-state index contributed by atoms with van der Waals surface area (Å²) in [5.74, 6) is 0.109. The van der Waals surface area contributed by atoms with Crippen molar-refractivity contribution in [3.8, 4) is 0 Å². The van der Waals surface area contributed by atoms with Crippen LogP contribution in [-0.4, -0.2) is 5.78 Å². The summed E-state index contributed by atoms with van der Waals surface area (Å²) >= 11 is 9.31. The van der Waals surface area contributed by atoms with Gasteiger partial charge in [0.2, 0.25) is 0 Å². The molecule has 3 heteroatoms. The molecule has 0 unspecified atom stereocenters. The monoisotopic (exact) mass is 350 g/mol. The van der Waals surface area contributed by atoms with Gasteiger partial charge in [-0.05, 0) is 71.6 Å². The number of carbonyl (C=O) groups excluding carboxylic acids is 1. The fourth-order valence-electron chi connectivity index (χ4n) is 2.42. The maximum Gasteiger partial charge on any atom is 0.167 e. The predicted octanol–water partition coefficient (Wildman–Crippen LogP) is 5.45. The normalized spacial score (nSPS) is 10.7. The van der Waals surface area contributed by atoms with Crippen LogP contribution in [0.25, 0.3) is 0 Å². The van der Waals surface area contributed by atoms with E-state index in [2.05, 4.69) is 48.8 Å². The topological polar surface area (TPSA) is 17.1 Å². The molecule has 2 aromatic rings. The molecule has 0 spiro atoms. The molecule has 0 aliphatic rings. The van der Waals surface area contributed by atoms with Crippen LogP contribution in [0.1, 0.15) is 32.6 Å². The van der Waals surface area contributed by atoms with E-state index in [-0.39, 0.29) is 5.78 Å². The Morgan fingerprint density at radius 3 is 2.25 bits per heavy atom. The van der Waals surface area contributed by atoms with E-state index in [1.54, 1.807) is 18.2 Å². The molecule has 0 saturated carbocycles. The standard InChI is InChI=1S/C17H16BrClO/c1-10-6-11(2)14(12(3)7-10)9-17(20)13-4-5-16(19)15(18)8-13/h4-8H,9H2,1-3H3. The Bertz CT molecular complexity index is 654. The van der Waals surface area contributed by atoms with Crippen molar-refractivity contribution in [3.63, 3.8) is 0 Å². The number of halogens is 2. The number of carbonyl (C=O) groups is 1. The van der Waals surface area contributed by atoms with Gasteiger partial charge in [-0.3, -0.25) is 4.79 Å². The quantitative estimate of drug-likeness (QED) is 0.672. The zero-order chi connectivity index (χ0) is 14.9. The second kappa shape index (κ2) is 6.11. The van der Waals surface area contributed by atoms with Crippen LogP contribution < -0.4 is 0 Å². The van der Waals surface area contributed by atoms with Gasteiger partial charge in [0.05, 0.1) is 5.02 Å². The summed E-state index contributed by atoms with van der Waals surface area (Å²) < 4.78 is 0.752. The first-order chi connectivity index (χ1) is 9.38. The molecule has 0 saturated heterocycles. The van der Waals surface area contributed by atoms with E-state index in [1.807, 2.05) is 0 Å². The molecular weight excluding hydrogens is 336 g/mol. The third kappa shape index (κ3) is 3.31. The minimum atomic E-state index is 0.109. The van der Waals surface area contributed by atoms with E-state index in [0.717, 1.165) is 10.0 Å². The number of hydrogen-bond acceptors (Lipinski definition) is 1. The van der Waals surface area contributed by atoms with E-state index in [1.165, 1.54) is 16.7 Å². The lowest BCUT2D eigenvalue weighted by Crippen LogP contribution is -2.07. The number of aryl methyl sites for hydroxylation is 3. The van der Waals surface area contributed by atoms with E-state index in [9.17, 15) is 4.79 Å². The van der Waals surface area contributed by atoms with Crippen LogP contribution in [0.4, 0.5) is 0 Å². The molecule has 1 nitrogen and oxygen atoms in total. The Morgan fingerprint density at radius 1 is 1.10 bits per heavy atom. The van der Waals surface area contributed by atoms with Crippen molar-refractivity contribution < 1.29 is 4.79 Å². The largest absolute Gasteiger partial charge is 0.294 e. The predicted molar refractivity (Wildman–Crippen MR) is 87.8 cm³/mol. The Kier molecular flexibility index (Phi) is 4.66. The van der Waals surface area contributed by atoms with Crippen LogP contribution in [0, 0.1) is 20.8 Å². The van der Waals surface area contributed by atoms with Crippen molar-refractivity contribution in [1.29, 1.82) is 0 Å². The van der Waals surface area contributed by atoms with Crippen LogP contribution >= 0.6 is 27.5 Å². The molecule has 2 rings (SSSR count). The van der Waals surface area contributed by atoms with Crippen LogP contribution in [-0.2, 0) is 6.42 Å². The fourth-order valence-corrected chi connectivity index (χ4v) is 2.92. The Morgan fingerprint density at radius 2 is 1.70 bits per heavy atom. The van der Waals surface area contributed by atoms with Gasteiger partial charge in [0, 0.05) is 16.5 Å². The lowest BCUT2D eigenvalue weighted by Gasteiger charge is -2.11. The SMILES string of the molecule is Cc1cc(C)c(CC(=O)c2ccc(Cl)c(Br)c2)c(C)c1. The van der Waals surface area contributed by atoms with E-state index < -0.39 is 0 Å². The van der Waals surface area contributed by atoms with Crippen LogP contribution in [0.2, 0.25) is 5.02 Å². The Labute approximate surface area is 133 Å². The molecule has 0 N–H and O–H groups in total. The van der Waals surface area contributed by atoms with Crippen molar-refractivity contribution >= 4 is 33.3 Å². The number of Topliss-reactive ketones (excluding diaryl/α,β-unsaturated/α-hetero) is 1. The fraction of sp³-hybridized carbons (Fsp3) is 0.235. The molecule has 0 aliphatic heterocycles.